The van der Waals surface area contributed by atoms with E-state index < -0.39 is 5.92 Å². The zero-order valence-corrected chi connectivity index (χ0v) is 21.7. The number of hydrogen-bond acceptors (Lipinski definition) is 6. The quantitative estimate of drug-likeness (QED) is 0.365. The van der Waals surface area contributed by atoms with Gasteiger partial charge in [-0.2, -0.15) is 19.9 Å². The summed E-state index contributed by atoms with van der Waals surface area (Å²) < 4.78 is 2.98. The number of para-hydroxylation sites is 1. The van der Waals surface area contributed by atoms with Crippen LogP contribution in [0.4, 0.5) is 11.5 Å². The minimum Gasteiger partial charge on any atom is -0.311 e. The summed E-state index contributed by atoms with van der Waals surface area (Å²) in [6.45, 7) is 5.96. The fraction of sp³-hybridized carbons (Fsp3) is 0.214. The lowest BCUT2D eigenvalue weighted by atomic mass is 10.1. The van der Waals surface area contributed by atoms with Crippen LogP contribution in [0.1, 0.15) is 23.2 Å². The molecule has 6 rings (SSSR count). The van der Waals surface area contributed by atoms with Crippen LogP contribution in [0.25, 0.3) is 22.7 Å². The van der Waals surface area contributed by atoms with Crippen LogP contribution >= 0.6 is 0 Å². The number of aromatic nitrogens is 6. The second kappa shape index (κ2) is 9.35. The lowest BCUT2D eigenvalue weighted by molar-refractivity contribution is -0.122. The molecule has 4 heterocycles. The summed E-state index contributed by atoms with van der Waals surface area (Å²) in [6.07, 6.45) is 1.58. The Morgan fingerprint density at radius 1 is 1.03 bits per heavy atom. The van der Waals surface area contributed by atoms with Gasteiger partial charge in [-0.15, -0.1) is 0 Å². The van der Waals surface area contributed by atoms with E-state index in [4.69, 9.17) is 0 Å². The zero-order valence-electron chi connectivity index (χ0n) is 21.7. The van der Waals surface area contributed by atoms with Gasteiger partial charge >= 0.3 is 0 Å². The number of rotatable bonds is 5. The van der Waals surface area contributed by atoms with Crippen molar-refractivity contribution in [3.63, 3.8) is 0 Å². The van der Waals surface area contributed by atoms with E-state index in [9.17, 15) is 14.4 Å². The first kappa shape index (κ1) is 24.3. The normalized spacial score (nSPS) is 15.3. The van der Waals surface area contributed by atoms with Gasteiger partial charge in [0.2, 0.25) is 17.8 Å². The number of carbonyl (C=O) groups is 2. The van der Waals surface area contributed by atoms with E-state index in [0.29, 0.717) is 22.5 Å². The highest BCUT2D eigenvalue weighted by atomic mass is 16.2. The molecule has 0 spiro atoms. The number of aryl methyl sites for hydroxylation is 3. The van der Waals surface area contributed by atoms with Gasteiger partial charge in [0.1, 0.15) is 11.2 Å². The summed E-state index contributed by atoms with van der Waals surface area (Å²) in [5.41, 5.74) is 4.18. The number of anilines is 2. The topological polar surface area (TPSA) is 131 Å². The molecular weight excluding hydrogens is 496 g/mol. The van der Waals surface area contributed by atoms with Crippen LogP contribution in [0.15, 0.2) is 65.6 Å². The molecule has 1 fully saturated rings. The Bertz CT molecular complexity index is 1820. The van der Waals surface area contributed by atoms with E-state index in [1.165, 1.54) is 10.9 Å². The van der Waals surface area contributed by atoms with E-state index in [2.05, 4.69) is 25.5 Å². The molecule has 196 valence electrons. The Labute approximate surface area is 223 Å². The number of amides is 2. The Morgan fingerprint density at radius 2 is 1.85 bits per heavy atom. The van der Waals surface area contributed by atoms with Crippen molar-refractivity contribution < 1.29 is 9.59 Å². The summed E-state index contributed by atoms with van der Waals surface area (Å²) in [5, 5.41) is 12.1. The molecule has 3 aromatic heterocycles. The molecule has 2 N–H and O–H groups in total. The Hall–Kier alpha value is -5.06. The van der Waals surface area contributed by atoms with Crippen molar-refractivity contribution >= 4 is 34.4 Å². The largest absolute Gasteiger partial charge is 0.311 e. The molecule has 1 aliphatic rings. The average molecular weight is 523 g/mol. The minimum absolute atomic E-state index is 0.101. The lowest BCUT2D eigenvalue weighted by Crippen LogP contribution is -2.29. The first-order chi connectivity index (χ1) is 18.8. The monoisotopic (exact) mass is 522 g/mol. The number of aromatic amines is 1. The maximum atomic E-state index is 13.3. The van der Waals surface area contributed by atoms with Crippen LogP contribution in [0.3, 0.4) is 0 Å². The van der Waals surface area contributed by atoms with E-state index >= 15 is 0 Å². The smallest absolute Gasteiger partial charge is 0.263 e. The number of carbonyl (C=O) groups excluding carboxylic acids is 2. The molecule has 0 radical (unpaired) electrons. The maximum absolute atomic E-state index is 13.3. The number of nitrogens with zero attached hydrogens (tertiary/aromatic N) is 6. The third-order valence-corrected chi connectivity index (χ3v) is 6.86. The molecule has 2 aromatic carbocycles. The molecule has 1 aliphatic heterocycles. The van der Waals surface area contributed by atoms with Gasteiger partial charge in [0.15, 0.2) is 5.65 Å². The number of fused-ring (bicyclic) bond motifs is 1. The molecule has 1 unspecified atom stereocenters. The summed E-state index contributed by atoms with van der Waals surface area (Å²) >= 11 is 0. The van der Waals surface area contributed by atoms with Crippen molar-refractivity contribution in [2.24, 2.45) is 5.92 Å². The van der Waals surface area contributed by atoms with Crippen molar-refractivity contribution in [1.29, 1.82) is 0 Å². The summed E-state index contributed by atoms with van der Waals surface area (Å²) in [5.74, 6) is -0.487. The van der Waals surface area contributed by atoms with E-state index in [-0.39, 0.29) is 36.3 Å². The Balaban J connectivity index is 1.31. The fourth-order valence-corrected chi connectivity index (χ4v) is 4.92. The fourth-order valence-electron chi connectivity index (χ4n) is 4.92. The molecule has 0 saturated carbocycles. The summed E-state index contributed by atoms with van der Waals surface area (Å²) in [4.78, 5) is 48.1. The predicted molar refractivity (Wildman–Crippen MR) is 146 cm³/mol. The molecule has 0 aliphatic carbocycles. The van der Waals surface area contributed by atoms with Gasteiger partial charge in [-0.3, -0.25) is 19.4 Å². The molecule has 5 aromatic rings. The Kier molecular flexibility index (Phi) is 5.82. The summed E-state index contributed by atoms with van der Waals surface area (Å²) in [7, 11) is 0. The molecule has 1 atom stereocenters. The van der Waals surface area contributed by atoms with Crippen molar-refractivity contribution in [1.82, 2.24) is 29.5 Å². The number of benzene rings is 2. The number of nitrogens with one attached hydrogen (secondary N) is 2. The zero-order chi connectivity index (χ0) is 27.3. The van der Waals surface area contributed by atoms with Crippen LogP contribution in [-0.2, 0) is 9.59 Å². The maximum Gasteiger partial charge on any atom is 0.263 e. The number of hydrogen-bond donors (Lipinski definition) is 2. The van der Waals surface area contributed by atoms with E-state index in [0.717, 1.165) is 22.5 Å². The number of H-pyrrole nitrogens is 1. The van der Waals surface area contributed by atoms with Crippen molar-refractivity contribution in [2.45, 2.75) is 27.2 Å². The van der Waals surface area contributed by atoms with Gasteiger partial charge in [-0.05, 0) is 50.1 Å². The summed E-state index contributed by atoms with van der Waals surface area (Å²) in [6, 6.07) is 17.0. The van der Waals surface area contributed by atoms with Gasteiger partial charge < -0.3 is 10.2 Å². The molecular formula is C28H26N8O3. The SMILES string of the molecule is Cc1cccc(-n2ncc3c(=O)[nH]c(-n4nc(C)cc4NC(=O)C4CC(=O)N(c5ccccc5C)C4)nc32)c1. The minimum atomic E-state index is -0.544. The van der Waals surface area contributed by atoms with Crippen molar-refractivity contribution in [2.75, 3.05) is 16.8 Å². The van der Waals surface area contributed by atoms with Crippen molar-refractivity contribution in [3.05, 3.63) is 88.0 Å². The predicted octanol–water partition coefficient (Wildman–Crippen LogP) is 3.21. The second-order valence-electron chi connectivity index (χ2n) is 9.79. The van der Waals surface area contributed by atoms with Gasteiger partial charge in [0.25, 0.3) is 5.56 Å². The van der Waals surface area contributed by atoms with Crippen molar-refractivity contribution in [3.8, 4) is 11.6 Å². The molecule has 2 amide bonds. The first-order valence-corrected chi connectivity index (χ1v) is 12.6. The van der Waals surface area contributed by atoms with Crippen LogP contribution in [-0.4, -0.2) is 47.9 Å². The first-order valence-electron chi connectivity index (χ1n) is 12.6. The van der Waals surface area contributed by atoms with Crippen LogP contribution < -0.4 is 15.8 Å². The van der Waals surface area contributed by atoms with Gasteiger partial charge in [0, 0.05) is 24.7 Å². The molecule has 0 bridgehead atoms. The van der Waals surface area contributed by atoms with Gasteiger partial charge in [-0.1, -0.05) is 30.3 Å². The van der Waals surface area contributed by atoms with Gasteiger partial charge in [-0.25, -0.2) is 4.68 Å². The highest BCUT2D eigenvalue weighted by Crippen LogP contribution is 2.29. The van der Waals surface area contributed by atoms with E-state index in [1.807, 2.05) is 62.4 Å². The van der Waals surface area contributed by atoms with E-state index in [1.54, 1.807) is 22.6 Å². The average Bonchev–Trinajstić information content (AvgIpc) is 3.61. The highest BCUT2D eigenvalue weighted by Gasteiger charge is 2.36. The molecule has 11 heteroatoms. The standard InChI is InChI=1S/C28H26N8O3/c1-16-7-6-9-20(11-16)35-25-21(14-29-35)27(39)32-28(31-25)36-23(12-18(3)33-36)30-26(38)19-13-24(37)34(15-19)22-10-5-4-8-17(22)2/h4-12,14,19H,13,15H2,1-3H3,(H,30,38)(H,31,32,39). The third-order valence-electron chi connectivity index (χ3n) is 6.86. The highest BCUT2D eigenvalue weighted by molar-refractivity contribution is 6.03. The van der Waals surface area contributed by atoms with Crippen LogP contribution in [0, 0.1) is 26.7 Å². The second-order valence-corrected chi connectivity index (χ2v) is 9.79. The lowest BCUT2D eigenvalue weighted by Gasteiger charge is -2.19. The Morgan fingerprint density at radius 3 is 2.64 bits per heavy atom. The van der Waals surface area contributed by atoms with Crippen LogP contribution in [0.5, 0.6) is 0 Å². The molecule has 11 nitrogen and oxygen atoms in total. The molecule has 39 heavy (non-hydrogen) atoms. The van der Waals surface area contributed by atoms with Crippen LogP contribution in [0.2, 0.25) is 0 Å². The molecule has 1 saturated heterocycles. The third kappa shape index (κ3) is 4.37. The van der Waals surface area contributed by atoms with Gasteiger partial charge in [0.05, 0.1) is 23.5 Å².